The first kappa shape index (κ1) is 17.4. The molecule has 1 aromatic rings. The number of amides is 2. The SMILES string of the molecule is O=C(C1CSCN1C(=O)/C=C/c1cccc(F)c1)N1CCSCC1. The first-order valence-corrected chi connectivity index (χ1v) is 10.1. The van der Waals surface area contributed by atoms with Crippen molar-refractivity contribution in [2.75, 3.05) is 36.2 Å². The van der Waals surface area contributed by atoms with E-state index in [-0.39, 0.29) is 23.7 Å². The van der Waals surface area contributed by atoms with E-state index in [9.17, 15) is 14.0 Å². The van der Waals surface area contributed by atoms with Crippen LogP contribution in [0, 0.1) is 5.82 Å². The van der Waals surface area contributed by atoms with Crippen molar-refractivity contribution in [3.8, 4) is 0 Å². The molecular formula is C17H19FN2O2S2. The van der Waals surface area contributed by atoms with Gasteiger partial charge in [-0.1, -0.05) is 12.1 Å². The molecule has 2 amide bonds. The van der Waals surface area contributed by atoms with Gasteiger partial charge in [-0.05, 0) is 23.8 Å². The second-order valence-electron chi connectivity index (χ2n) is 5.65. The predicted octanol–water partition coefficient (Wildman–Crippen LogP) is 2.32. The Morgan fingerprint density at radius 2 is 2.00 bits per heavy atom. The monoisotopic (exact) mass is 366 g/mol. The van der Waals surface area contributed by atoms with E-state index in [1.165, 1.54) is 18.2 Å². The van der Waals surface area contributed by atoms with E-state index >= 15 is 0 Å². The van der Waals surface area contributed by atoms with Crippen molar-refractivity contribution in [3.63, 3.8) is 0 Å². The number of halogens is 1. The van der Waals surface area contributed by atoms with Crippen LogP contribution in [0.4, 0.5) is 4.39 Å². The van der Waals surface area contributed by atoms with Crippen LogP contribution in [0.5, 0.6) is 0 Å². The zero-order chi connectivity index (χ0) is 16.9. The average Bonchev–Trinajstić information content (AvgIpc) is 3.09. The van der Waals surface area contributed by atoms with E-state index in [2.05, 4.69) is 0 Å². The minimum atomic E-state index is -0.386. The number of benzene rings is 1. The molecule has 7 heteroatoms. The van der Waals surface area contributed by atoms with Gasteiger partial charge in [-0.3, -0.25) is 9.59 Å². The molecule has 0 radical (unpaired) electrons. The van der Waals surface area contributed by atoms with Crippen molar-refractivity contribution >= 4 is 41.4 Å². The van der Waals surface area contributed by atoms with Crippen LogP contribution < -0.4 is 0 Å². The minimum Gasteiger partial charge on any atom is -0.339 e. The second kappa shape index (κ2) is 8.07. The van der Waals surface area contributed by atoms with Gasteiger partial charge in [0, 0.05) is 36.4 Å². The standard InChI is InChI=1S/C17H19FN2O2S2/c18-14-3-1-2-13(10-14)4-5-16(21)20-12-24-11-15(20)17(22)19-6-8-23-9-7-19/h1-5,10,15H,6-9,11-12H2/b5-4+. The summed E-state index contributed by atoms with van der Waals surface area (Å²) in [4.78, 5) is 28.6. The number of hydrogen-bond donors (Lipinski definition) is 0. The highest BCUT2D eigenvalue weighted by atomic mass is 32.2. The van der Waals surface area contributed by atoms with Gasteiger partial charge in [0.1, 0.15) is 11.9 Å². The third-order valence-electron chi connectivity index (χ3n) is 4.04. The summed E-state index contributed by atoms with van der Waals surface area (Å²) in [5.41, 5.74) is 0.631. The molecule has 2 aliphatic rings. The molecule has 4 nitrogen and oxygen atoms in total. The summed E-state index contributed by atoms with van der Waals surface area (Å²) in [7, 11) is 0. The Bertz CT molecular complexity index is 647. The van der Waals surface area contributed by atoms with Crippen LogP contribution >= 0.6 is 23.5 Å². The van der Waals surface area contributed by atoms with E-state index in [1.54, 1.807) is 34.9 Å². The molecule has 1 aromatic carbocycles. The smallest absolute Gasteiger partial charge is 0.247 e. The van der Waals surface area contributed by atoms with Crippen molar-refractivity contribution in [3.05, 3.63) is 41.7 Å². The Hall–Kier alpha value is -1.47. The third-order valence-corrected chi connectivity index (χ3v) is 5.99. The van der Waals surface area contributed by atoms with E-state index in [1.807, 2.05) is 16.7 Å². The Kier molecular flexibility index (Phi) is 5.84. The molecule has 1 atom stereocenters. The summed E-state index contributed by atoms with van der Waals surface area (Å²) < 4.78 is 13.2. The lowest BCUT2D eigenvalue weighted by Gasteiger charge is -2.31. The van der Waals surface area contributed by atoms with Crippen molar-refractivity contribution < 1.29 is 14.0 Å². The molecule has 2 heterocycles. The van der Waals surface area contributed by atoms with E-state index in [0.29, 0.717) is 17.2 Å². The zero-order valence-electron chi connectivity index (χ0n) is 13.2. The fourth-order valence-electron chi connectivity index (χ4n) is 2.73. The molecule has 2 aliphatic heterocycles. The highest BCUT2D eigenvalue weighted by Gasteiger charge is 2.36. The van der Waals surface area contributed by atoms with Gasteiger partial charge in [0.15, 0.2) is 0 Å². The van der Waals surface area contributed by atoms with E-state index in [4.69, 9.17) is 0 Å². The van der Waals surface area contributed by atoms with Crippen LogP contribution in [0.1, 0.15) is 5.56 Å². The fourth-order valence-corrected chi connectivity index (χ4v) is 4.79. The average molecular weight is 366 g/mol. The number of carbonyl (C=O) groups excluding carboxylic acids is 2. The van der Waals surface area contributed by atoms with Gasteiger partial charge in [-0.15, -0.1) is 11.8 Å². The molecule has 1 unspecified atom stereocenters. The molecular weight excluding hydrogens is 347 g/mol. The number of nitrogens with zero attached hydrogens (tertiary/aromatic N) is 2. The molecule has 2 saturated heterocycles. The normalized spacial score (nSPS) is 21.5. The van der Waals surface area contributed by atoms with Crippen LogP contribution in [0.2, 0.25) is 0 Å². The Morgan fingerprint density at radius 3 is 2.75 bits per heavy atom. The molecule has 0 aliphatic carbocycles. The maximum Gasteiger partial charge on any atom is 0.247 e. The first-order valence-electron chi connectivity index (χ1n) is 7.84. The van der Waals surface area contributed by atoms with Crippen LogP contribution in [0.15, 0.2) is 30.3 Å². The number of thioether (sulfide) groups is 2. The van der Waals surface area contributed by atoms with Crippen molar-refractivity contribution in [2.45, 2.75) is 6.04 Å². The summed E-state index contributed by atoms with van der Waals surface area (Å²) in [6.45, 7) is 1.51. The quantitative estimate of drug-likeness (QED) is 0.770. The molecule has 128 valence electrons. The molecule has 0 aromatic heterocycles. The highest BCUT2D eigenvalue weighted by molar-refractivity contribution is 7.99. The maximum absolute atomic E-state index is 13.2. The lowest BCUT2D eigenvalue weighted by Crippen LogP contribution is -2.50. The maximum atomic E-state index is 13.2. The van der Waals surface area contributed by atoms with Crippen molar-refractivity contribution in [1.29, 1.82) is 0 Å². The van der Waals surface area contributed by atoms with E-state index < -0.39 is 0 Å². The predicted molar refractivity (Wildman–Crippen MR) is 97.3 cm³/mol. The summed E-state index contributed by atoms with van der Waals surface area (Å²) in [6, 6.07) is 5.69. The molecule has 3 rings (SSSR count). The Morgan fingerprint density at radius 1 is 1.21 bits per heavy atom. The van der Waals surface area contributed by atoms with Gasteiger partial charge in [0.2, 0.25) is 11.8 Å². The number of hydrogen-bond acceptors (Lipinski definition) is 4. The fraction of sp³-hybridized carbons (Fsp3) is 0.412. The van der Waals surface area contributed by atoms with Gasteiger partial charge in [-0.25, -0.2) is 4.39 Å². The largest absolute Gasteiger partial charge is 0.339 e. The third kappa shape index (κ3) is 4.13. The lowest BCUT2D eigenvalue weighted by molar-refractivity contribution is -0.140. The van der Waals surface area contributed by atoms with Gasteiger partial charge in [0.05, 0.1) is 5.88 Å². The van der Waals surface area contributed by atoms with Gasteiger partial charge < -0.3 is 9.80 Å². The molecule has 0 saturated carbocycles. The number of rotatable bonds is 3. The Balaban J connectivity index is 1.65. The van der Waals surface area contributed by atoms with E-state index in [0.717, 1.165) is 24.6 Å². The second-order valence-corrected chi connectivity index (χ2v) is 7.87. The number of carbonyl (C=O) groups is 2. The van der Waals surface area contributed by atoms with Gasteiger partial charge in [-0.2, -0.15) is 11.8 Å². The summed E-state index contributed by atoms with van der Waals surface area (Å²) >= 11 is 3.44. The van der Waals surface area contributed by atoms with Gasteiger partial charge >= 0.3 is 0 Å². The summed E-state index contributed by atoms with van der Waals surface area (Å²) in [6.07, 6.45) is 3.01. The van der Waals surface area contributed by atoms with Crippen LogP contribution in [0.3, 0.4) is 0 Å². The summed E-state index contributed by atoms with van der Waals surface area (Å²) in [5.74, 6) is 2.59. The molecule has 2 fully saturated rings. The Labute approximate surface area is 149 Å². The van der Waals surface area contributed by atoms with Crippen LogP contribution in [0.25, 0.3) is 6.08 Å². The topological polar surface area (TPSA) is 40.6 Å². The first-order chi connectivity index (χ1) is 11.6. The molecule has 0 bridgehead atoms. The minimum absolute atomic E-state index is 0.0489. The van der Waals surface area contributed by atoms with Crippen LogP contribution in [-0.2, 0) is 9.59 Å². The van der Waals surface area contributed by atoms with Crippen molar-refractivity contribution in [2.24, 2.45) is 0 Å². The molecule has 0 N–H and O–H groups in total. The zero-order valence-corrected chi connectivity index (χ0v) is 14.8. The van der Waals surface area contributed by atoms with Crippen LogP contribution in [-0.4, -0.2) is 63.9 Å². The van der Waals surface area contributed by atoms with Gasteiger partial charge in [0.25, 0.3) is 0 Å². The van der Waals surface area contributed by atoms with Crippen molar-refractivity contribution in [1.82, 2.24) is 9.80 Å². The molecule has 0 spiro atoms. The highest BCUT2D eigenvalue weighted by Crippen LogP contribution is 2.24. The lowest BCUT2D eigenvalue weighted by atomic mass is 10.2. The summed E-state index contributed by atoms with van der Waals surface area (Å²) in [5, 5.41) is 0. The molecule has 24 heavy (non-hydrogen) atoms.